The smallest absolute Gasteiger partial charge is 0.320 e. The number of nitrogens with zero attached hydrogens (tertiary/aromatic N) is 1. The molecule has 1 atom stereocenters. The van der Waals surface area contributed by atoms with E-state index >= 15 is 0 Å². The number of thiol groups is 1. The Morgan fingerprint density at radius 3 is 2.44 bits per heavy atom. The number of hydrogen-bond donors (Lipinski definition) is 3. The topological polar surface area (TPSA) is 70.4 Å². The maximum atomic E-state index is 13.9. The Bertz CT molecular complexity index is 1010. The highest BCUT2D eigenvalue weighted by molar-refractivity contribution is 9.10. The molecule has 1 heterocycles. The Kier molecular flexibility index (Phi) is 5.91. The van der Waals surface area contributed by atoms with E-state index in [-0.39, 0.29) is 4.47 Å². The van der Waals surface area contributed by atoms with Gasteiger partial charge in [-0.25, -0.2) is 4.98 Å². The summed E-state index contributed by atoms with van der Waals surface area (Å²) in [5.41, 5.74) is -2.73. The number of hydrogen-bond acceptors (Lipinski definition) is 4. The molecule has 0 bridgehead atoms. The summed E-state index contributed by atoms with van der Waals surface area (Å²) in [6.07, 6.45) is 0. The van der Waals surface area contributed by atoms with E-state index in [9.17, 15) is 13.3 Å². The largest absolute Gasteiger partial charge is 0.399 e. The van der Waals surface area contributed by atoms with Crippen molar-refractivity contribution in [2.45, 2.75) is 10.9 Å². The SMILES string of the molecule is O=P(O)(O)C(F)(F)c1ccc(C(S)c2nc(-c3ccccc3)cs2)cc1Br. The molecule has 142 valence electrons. The zero-order valence-corrected chi connectivity index (χ0v) is 17.7. The number of halogens is 3. The predicted molar refractivity (Wildman–Crippen MR) is 108 cm³/mol. The minimum atomic E-state index is -5.64. The van der Waals surface area contributed by atoms with Gasteiger partial charge in [-0.2, -0.15) is 21.4 Å². The summed E-state index contributed by atoms with van der Waals surface area (Å²) in [4.78, 5) is 22.4. The lowest BCUT2D eigenvalue weighted by molar-refractivity contribution is 0.0557. The van der Waals surface area contributed by atoms with E-state index in [0.29, 0.717) is 10.6 Å². The molecule has 1 aromatic heterocycles. The maximum absolute atomic E-state index is 13.9. The quantitative estimate of drug-likeness (QED) is 0.310. The molecule has 0 aliphatic rings. The van der Waals surface area contributed by atoms with E-state index in [1.54, 1.807) is 0 Å². The number of benzene rings is 2. The Morgan fingerprint density at radius 1 is 1.19 bits per heavy atom. The van der Waals surface area contributed by atoms with Gasteiger partial charge in [0.2, 0.25) is 0 Å². The molecule has 0 spiro atoms. The Hall–Kier alpha value is -1.09. The molecule has 0 radical (unpaired) electrons. The maximum Gasteiger partial charge on any atom is 0.399 e. The molecule has 0 saturated carbocycles. The second-order valence-electron chi connectivity index (χ2n) is 5.66. The van der Waals surface area contributed by atoms with Crippen LogP contribution in [0.4, 0.5) is 8.78 Å². The van der Waals surface area contributed by atoms with Crippen LogP contribution in [-0.2, 0) is 10.2 Å². The number of aromatic nitrogens is 1. The fourth-order valence-electron chi connectivity index (χ4n) is 2.40. The molecule has 0 amide bonds. The molecule has 10 heteroatoms. The average Bonchev–Trinajstić information content (AvgIpc) is 3.10. The van der Waals surface area contributed by atoms with Gasteiger partial charge < -0.3 is 9.79 Å². The highest BCUT2D eigenvalue weighted by Crippen LogP contribution is 2.60. The summed E-state index contributed by atoms with van der Waals surface area (Å²) in [7, 11) is -5.64. The van der Waals surface area contributed by atoms with E-state index in [2.05, 4.69) is 33.5 Å². The molecule has 2 N–H and O–H groups in total. The summed E-state index contributed by atoms with van der Waals surface area (Å²) in [6.45, 7) is 0. The van der Waals surface area contributed by atoms with Crippen LogP contribution in [0, 0.1) is 0 Å². The zero-order chi connectivity index (χ0) is 19.8. The monoisotopic (exact) mass is 491 g/mol. The van der Waals surface area contributed by atoms with Crippen LogP contribution in [0.3, 0.4) is 0 Å². The van der Waals surface area contributed by atoms with E-state index < -0.39 is 24.1 Å². The van der Waals surface area contributed by atoms with E-state index in [1.807, 2.05) is 35.7 Å². The molecule has 1 unspecified atom stereocenters. The fourth-order valence-corrected chi connectivity index (χ4v) is 4.95. The summed E-state index contributed by atoms with van der Waals surface area (Å²) < 4.78 is 38.9. The lowest BCUT2D eigenvalue weighted by atomic mass is 10.1. The lowest BCUT2D eigenvalue weighted by Crippen LogP contribution is -2.14. The molecule has 0 fully saturated rings. The van der Waals surface area contributed by atoms with Crippen LogP contribution in [-0.4, -0.2) is 14.8 Å². The Balaban J connectivity index is 1.91. The van der Waals surface area contributed by atoms with Crippen molar-refractivity contribution in [2.75, 3.05) is 0 Å². The van der Waals surface area contributed by atoms with Crippen molar-refractivity contribution in [1.82, 2.24) is 4.98 Å². The van der Waals surface area contributed by atoms with Gasteiger partial charge in [-0.3, -0.25) is 4.57 Å². The van der Waals surface area contributed by atoms with Crippen molar-refractivity contribution >= 4 is 47.5 Å². The molecule has 3 rings (SSSR count). The van der Waals surface area contributed by atoms with Crippen LogP contribution in [0.25, 0.3) is 11.3 Å². The van der Waals surface area contributed by atoms with E-state index in [0.717, 1.165) is 17.3 Å². The highest BCUT2D eigenvalue weighted by Gasteiger charge is 2.51. The zero-order valence-electron chi connectivity index (χ0n) is 13.5. The van der Waals surface area contributed by atoms with Gasteiger partial charge in [0.25, 0.3) is 0 Å². The first-order valence-electron chi connectivity index (χ1n) is 7.53. The second-order valence-corrected chi connectivity index (χ2v) is 9.57. The summed E-state index contributed by atoms with van der Waals surface area (Å²) in [6, 6.07) is 13.3. The second kappa shape index (κ2) is 7.73. The van der Waals surface area contributed by atoms with Crippen molar-refractivity contribution in [1.29, 1.82) is 0 Å². The van der Waals surface area contributed by atoms with Crippen molar-refractivity contribution in [2.24, 2.45) is 0 Å². The van der Waals surface area contributed by atoms with Gasteiger partial charge in [0, 0.05) is 21.0 Å². The molecule has 0 aliphatic heterocycles. The first-order valence-corrected chi connectivity index (χ1v) is 11.3. The number of rotatable bonds is 5. The summed E-state index contributed by atoms with van der Waals surface area (Å²) in [5, 5.41) is 2.10. The van der Waals surface area contributed by atoms with Crippen LogP contribution in [0.5, 0.6) is 0 Å². The molecule has 4 nitrogen and oxygen atoms in total. The number of thiazole rings is 1. The van der Waals surface area contributed by atoms with Gasteiger partial charge in [-0.1, -0.05) is 58.4 Å². The van der Waals surface area contributed by atoms with Crippen molar-refractivity contribution in [3.05, 3.63) is 74.5 Å². The van der Waals surface area contributed by atoms with Crippen LogP contribution < -0.4 is 0 Å². The minimum Gasteiger partial charge on any atom is -0.320 e. The van der Waals surface area contributed by atoms with Crippen molar-refractivity contribution in [3.63, 3.8) is 0 Å². The standard InChI is InChI=1S/C17H13BrF2NO3PS2/c18-13-8-11(6-7-12(13)17(19,20)25(22,23)24)15(26)16-21-14(9-27-16)10-4-2-1-3-5-10/h1-9,15,26H,(H2,22,23,24). The first-order chi connectivity index (χ1) is 12.6. The Labute approximate surface area is 172 Å². The number of alkyl halides is 2. The van der Waals surface area contributed by atoms with E-state index in [1.165, 1.54) is 23.5 Å². The highest BCUT2D eigenvalue weighted by atomic mass is 79.9. The van der Waals surface area contributed by atoms with Gasteiger partial charge in [0.05, 0.1) is 10.9 Å². The Morgan fingerprint density at radius 2 is 1.85 bits per heavy atom. The van der Waals surface area contributed by atoms with Gasteiger partial charge in [-0.05, 0) is 11.6 Å². The average molecular weight is 492 g/mol. The summed E-state index contributed by atoms with van der Waals surface area (Å²) >= 11 is 8.91. The normalized spacial score (nSPS) is 13.6. The third-order valence-corrected chi connectivity index (χ3v) is 7.08. The van der Waals surface area contributed by atoms with Gasteiger partial charge in [0.15, 0.2) is 0 Å². The molecule has 2 aromatic carbocycles. The minimum absolute atomic E-state index is 0.104. The van der Waals surface area contributed by atoms with E-state index in [4.69, 9.17) is 9.79 Å². The molecular formula is C17H13BrF2NO3PS2. The molecule has 27 heavy (non-hydrogen) atoms. The van der Waals surface area contributed by atoms with Crippen LogP contribution >= 0.6 is 47.5 Å². The van der Waals surface area contributed by atoms with Gasteiger partial charge in [0.1, 0.15) is 5.01 Å². The van der Waals surface area contributed by atoms with Crippen LogP contribution in [0.15, 0.2) is 58.4 Å². The van der Waals surface area contributed by atoms with Crippen molar-refractivity contribution < 1.29 is 23.1 Å². The predicted octanol–water partition coefficient (Wildman–Crippen LogP) is 5.82. The molecular weight excluding hydrogens is 479 g/mol. The molecule has 0 aliphatic carbocycles. The third kappa shape index (κ3) is 4.18. The third-order valence-electron chi connectivity index (χ3n) is 3.82. The molecule has 3 aromatic rings. The fraction of sp³-hybridized carbons (Fsp3) is 0.118. The molecule has 0 saturated heterocycles. The van der Waals surface area contributed by atoms with Crippen LogP contribution in [0.1, 0.15) is 21.4 Å². The van der Waals surface area contributed by atoms with Gasteiger partial charge >= 0.3 is 13.3 Å². The lowest BCUT2D eigenvalue weighted by Gasteiger charge is -2.20. The van der Waals surface area contributed by atoms with Crippen LogP contribution in [0.2, 0.25) is 0 Å². The first kappa shape index (κ1) is 20.6. The van der Waals surface area contributed by atoms with Crippen molar-refractivity contribution in [3.8, 4) is 11.3 Å². The summed E-state index contributed by atoms with van der Waals surface area (Å²) in [5.74, 6) is 0. The van der Waals surface area contributed by atoms with Gasteiger partial charge in [-0.15, -0.1) is 11.3 Å².